The van der Waals surface area contributed by atoms with Crippen LogP contribution in [-0.2, 0) is 0 Å². The summed E-state index contributed by atoms with van der Waals surface area (Å²) in [6, 6.07) is 11.6. The number of benzene rings is 2. The number of ether oxygens (including phenoxy) is 1. The van der Waals surface area contributed by atoms with Crippen molar-refractivity contribution in [3.8, 4) is 5.75 Å². The summed E-state index contributed by atoms with van der Waals surface area (Å²) in [6.07, 6.45) is 0. The van der Waals surface area contributed by atoms with E-state index in [2.05, 4.69) is 36.6 Å². The van der Waals surface area contributed by atoms with Gasteiger partial charge in [0.05, 0.1) is 6.04 Å². The van der Waals surface area contributed by atoms with Gasteiger partial charge in [-0.2, -0.15) is 8.78 Å². The van der Waals surface area contributed by atoms with E-state index in [4.69, 9.17) is 5.73 Å². The van der Waals surface area contributed by atoms with Crippen molar-refractivity contribution in [1.82, 2.24) is 0 Å². The molecule has 0 aromatic heterocycles. The Kier molecular flexibility index (Phi) is 5.12. The molecule has 2 N–H and O–H groups in total. The van der Waals surface area contributed by atoms with Gasteiger partial charge in [0, 0.05) is 8.95 Å². The van der Waals surface area contributed by atoms with Gasteiger partial charge in [0.2, 0.25) is 0 Å². The van der Waals surface area contributed by atoms with Crippen LogP contribution in [0.5, 0.6) is 5.75 Å². The molecule has 106 valence electrons. The molecule has 1 unspecified atom stereocenters. The Morgan fingerprint density at radius 1 is 1.05 bits per heavy atom. The lowest BCUT2D eigenvalue weighted by Crippen LogP contribution is -2.13. The monoisotopic (exact) mass is 405 g/mol. The summed E-state index contributed by atoms with van der Waals surface area (Å²) in [5.41, 5.74) is 7.74. The molecule has 0 aliphatic rings. The predicted molar refractivity (Wildman–Crippen MR) is 80.9 cm³/mol. The molecule has 0 aliphatic heterocycles. The largest absolute Gasteiger partial charge is 0.435 e. The smallest absolute Gasteiger partial charge is 0.387 e. The first-order chi connectivity index (χ1) is 9.47. The summed E-state index contributed by atoms with van der Waals surface area (Å²) >= 11 is 6.82. The van der Waals surface area contributed by atoms with Crippen molar-refractivity contribution in [2.24, 2.45) is 5.73 Å². The van der Waals surface area contributed by atoms with Crippen LogP contribution in [0.15, 0.2) is 51.4 Å². The van der Waals surface area contributed by atoms with Crippen LogP contribution in [0.25, 0.3) is 0 Å². The van der Waals surface area contributed by atoms with Crippen LogP contribution in [0.1, 0.15) is 17.2 Å². The molecule has 0 spiro atoms. The molecule has 2 aromatic carbocycles. The highest BCUT2D eigenvalue weighted by atomic mass is 79.9. The van der Waals surface area contributed by atoms with E-state index in [-0.39, 0.29) is 5.75 Å². The number of hydrogen-bond acceptors (Lipinski definition) is 2. The maximum absolute atomic E-state index is 12.2. The fourth-order valence-electron chi connectivity index (χ4n) is 1.82. The fourth-order valence-corrected chi connectivity index (χ4v) is 2.69. The Labute approximate surface area is 132 Å². The molecular weight excluding hydrogens is 396 g/mol. The standard InChI is InChI=1S/C14H11Br2F2NO/c15-9-4-5-12(16)11(7-9)13(19)8-2-1-3-10(6-8)20-14(17)18/h1-7,13-14H,19H2. The van der Waals surface area contributed by atoms with Gasteiger partial charge in [0.25, 0.3) is 0 Å². The Morgan fingerprint density at radius 3 is 2.50 bits per heavy atom. The molecule has 2 rings (SSSR count). The highest BCUT2D eigenvalue weighted by Crippen LogP contribution is 2.31. The summed E-state index contributed by atoms with van der Waals surface area (Å²) in [4.78, 5) is 0. The summed E-state index contributed by atoms with van der Waals surface area (Å²) in [5, 5.41) is 0. The summed E-state index contributed by atoms with van der Waals surface area (Å²) in [7, 11) is 0. The van der Waals surface area contributed by atoms with Gasteiger partial charge < -0.3 is 10.5 Å². The molecule has 2 nitrogen and oxygen atoms in total. The number of nitrogens with two attached hydrogens (primary N) is 1. The number of halogens is 4. The van der Waals surface area contributed by atoms with Crippen LogP contribution in [0, 0.1) is 0 Å². The van der Waals surface area contributed by atoms with E-state index in [0.717, 1.165) is 14.5 Å². The van der Waals surface area contributed by atoms with Gasteiger partial charge >= 0.3 is 6.61 Å². The molecule has 0 radical (unpaired) electrons. The Bertz CT molecular complexity index is 607. The molecule has 0 fully saturated rings. The van der Waals surface area contributed by atoms with Gasteiger partial charge in [-0.25, -0.2) is 0 Å². The van der Waals surface area contributed by atoms with Crippen molar-refractivity contribution >= 4 is 31.9 Å². The first-order valence-corrected chi connectivity index (χ1v) is 7.31. The lowest BCUT2D eigenvalue weighted by atomic mass is 9.99. The third-order valence-corrected chi connectivity index (χ3v) is 3.95. The zero-order chi connectivity index (χ0) is 14.7. The van der Waals surface area contributed by atoms with Gasteiger partial charge in [-0.1, -0.05) is 44.0 Å². The zero-order valence-electron chi connectivity index (χ0n) is 10.2. The van der Waals surface area contributed by atoms with Crippen LogP contribution in [-0.4, -0.2) is 6.61 Å². The van der Waals surface area contributed by atoms with Crippen molar-refractivity contribution in [3.63, 3.8) is 0 Å². The third-order valence-electron chi connectivity index (χ3n) is 2.74. The first kappa shape index (κ1) is 15.4. The second-order valence-electron chi connectivity index (χ2n) is 4.09. The molecule has 0 saturated heterocycles. The van der Waals surface area contributed by atoms with Gasteiger partial charge in [-0.3, -0.25) is 0 Å². The van der Waals surface area contributed by atoms with Crippen LogP contribution >= 0.6 is 31.9 Å². The maximum atomic E-state index is 12.2. The molecular formula is C14H11Br2F2NO. The number of rotatable bonds is 4. The van der Waals surface area contributed by atoms with E-state index < -0.39 is 12.7 Å². The van der Waals surface area contributed by atoms with E-state index >= 15 is 0 Å². The summed E-state index contributed by atoms with van der Waals surface area (Å²) in [5.74, 6) is 0.0964. The SMILES string of the molecule is NC(c1cccc(OC(F)F)c1)c1cc(Br)ccc1Br. The Morgan fingerprint density at radius 2 is 1.80 bits per heavy atom. The van der Waals surface area contributed by atoms with Crippen molar-refractivity contribution in [1.29, 1.82) is 0 Å². The maximum Gasteiger partial charge on any atom is 0.387 e. The minimum Gasteiger partial charge on any atom is -0.435 e. The molecule has 0 heterocycles. The van der Waals surface area contributed by atoms with Crippen LogP contribution < -0.4 is 10.5 Å². The van der Waals surface area contributed by atoms with E-state index in [9.17, 15) is 8.78 Å². The number of hydrogen-bond donors (Lipinski definition) is 1. The molecule has 0 aliphatic carbocycles. The Balaban J connectivity index is 2.33. The van der Waals surface area contributed by atoms with Crippen molar-refractivity contribution in [2.45, 2.75) is 12.7 Å². The van der Waals surface area contributed by atoms with Gasteiger partial charge in [-0.15, -0.1) is 0 Å². The average Bonchev–Trinajstić information content (AvgIpc) is 2.40. The quantitative estimate of drug-likeness (QED) is 0.786. The molecule has 2 aromatic rings. The highest BCUT2D eigenvalue weighted by Gasteiger charge is 2.14. The minimum atomic E-state index is -2.85. The molecule has 0 amide bonds. The molecule has 0 bridgehead atoms. The topological polar surface area (TPSA) is 35.2 Å². The van der Waals surface area contributed by atoms with Crippen LogP contribution in [0.4, 0.5) is 8.78 Å². The lowest BCUT2D eigenvalue weighted by molar-refractivity contribution is -0.0498. The van der Waals surface area contributed by atoms with E-state index in [1.807, 2.05) is 18.2 Å². The van der Waals surface area contributed by atoms with Crippen molar-refractivity contribution in [3.05, 3.63) is 62.5 Å². The average molecular weight is 407 g/mol. The second-order valence-corrected chi connectivity index (χ2v) is 5.86. The second kappa shape index (κ2) is 6.65. The van der Waals surface area contributed by atoms with Crippen LogP contribution in [0.2, 0.25) is 0 Å². The van der Waals surface area contributed by atoms with Crippen molar-refractivity contribution in [2.75, 3.05) is 0 Å². The van der Waals surface area contributed by atoms with Gasteiger partial charge in [-0.05, 0) is 41.5 Å². The van der Waals surface area contributed by atoms with E-state index in [0.29, 0.717) is 5.56 Å². The third kappa shape index (κ3) is 3.77. The molecule has 20 heavy (non-hydrogen) atoms. The first-order valence-electron chi connectivity index (χ1n) is 5.72. The predicted octanol–water partition coefficient (Wildman–Crippen LogP) is 4.86. The Hall–Kier alpha value is -0.980. The normalized spacial score (nSPS) is 12.5. The van der Waals surface area contributed by atoms with Crippen molar-refractivity contribution < 1.29 is 13.5 Å². The fraction of sp³-hybridized carbons (Fsp3) is 0.143. The van der Waals surface area contributed by atoms with Gasteiger partial charge in [0.1, 0.15) is 5.75 Å². The summed E-state index contributed by atoms with van der Waals surface area (Å²) < 4.78 is 30.6. The molecule has 1 atom stereocenters. The molecule has 0 saturated carbocycles. The lowest BCUT2D eigenvalue weighted by Gasteiger charge is -2.16. The van der Waals surface area contributed by atoms with E-state index in [1.165, 1.54) is 12.1 Å². The zero-order valence-corrected chi connectivity index (χ0v) is 13.4. The van der Waals surface area contributed by atoms with Crippen LogP contribution in [0.3, 0.4) is 0 Å². The minimum absolute atomic E-state index is 0.0964. The molecule has 6 heteroatoms. The van der Waals surface area contributed by atoms with E-state index in [1.54, 1.807) is 12.1 Å². The summed E-state index contributed by atoms with van der Waals surface area (Å²) in [6.45, 7) is -2.85. The highest BCUT2D eigenvalue weighted by molar-refractivity contribution is 9.11. The van der Waals surface area contributed by atoms with Gasteiger partial charge in [0.15, 0.2) is 0 Å². The number of alkyl halides is 2.